The molecular formula is C17H19N5OS. The van der Waals surface area contributed by atoms with Crippen LogP contribution in [0.1, 0.15) is 15.4 Å². The fourth-order valence-corrected chi connectivity index (χ4v) is 3.99. The number of likely N-dealkylation sites (N-methyl/N-ethyl adjacent to an activating group) is 1. The van der Waals surface area contributed by atoms with Gasteiger partial charge in [0.05, 0.1) is 11.1 Å². The highest BCUT2D eigenvalue weighted by atomic mass is 32.1. The third-order valence-corrected chi connectivity index (χ3v) is 5.49. The van der Waals surface area contributed by atoms with E-state index >= 15 is 0 Å². The molecule has 4 rings (SSSR count). The molecule has 1 saturated heterocycles. The van der Waals surface area contributed by atoms with E-state index in [4.69, 9.17) is 0 Å². The number of piperazine rings is 1. The summed E-state index contributed by atoms with van der Waals surface area (Å²) >= 11 is 1.77. The van der Waals surface area contributed by atoms with Crippen LogP contribution in [0.3, 0.4) is 0 Å². The Bertz CT molecular complexity index is 863. The molecule has 1 fully saturated rings. The second-order valence-corrected chi connectivity index (χ2v) is 7.30. The minimum Gasteiger partial charge on any atom is -0.304 e. The number of imidazole rings is 1. The van der Waals surface area contributed by atoms with Crippen LogP contribution in [0.25, 0.3) is 16.2 Å². The number of hydrogen-bond acceptors (Lipinski definition) is 6. The molecule has 0 atom stereocenters. The summed E-state index contributed by atoms with van der Waals surface area (Å²) in [6.45, 7) is 5.48. The number of nitrogens with zero attached hydrogens (tertiary/aromatic N) is 5. The van der Waals surface area contributed by atoms with Crippen molar-refractivity contribution in [1.29, 1.82) is 0 Å². The molecule has 0 bridgehead atoms. The van der Waals surface area contributed by atoms with E-state index in [1.807, 2.05) is 12.3 Å². The highest BCUT2D eigenvalue weighted by molar-refractivity contribution is 7.15. The summed E-state index contributed by atoms with van der Waals surface area (Å²) in [6.07, 6.45) is 2.58. The average molecular weight is 341 g/mol. The fraction of sp³-hybridized carbons (Fsp3) is 0.353. The van der Waals surface area contributed by atoms with Gasteiger partial charge in [-0.25, -0.2) is 9.50 Å². The van der Waals surface area contributed by atoms with Crippen LogP contribution in [0, 0.1) is 0 Å². The number of carbonyl (C=O) groups is 1. The first-order valence-electron chi connectivity index (χ1n) is 8.03. The molecule has 124 valence electrons. The molecule has 0 N–H and O–H groups in total. The maximum Gasteiger partial charge on any atom is 0.170 e. The lowest BCUT2D eigenvalue weighted by Crippen LogP contribution is -2.43. The van der Waals surface area contributed by atoms with Crippen molar-refractivity contribution in [1.82, 2.24) is 24.4 Å². The zero-order chi connectivity index (χ0) is 16.5. The van der Waals surface area contributed by atoms with Gasteiger partial charge in [-0.2, -0.15) is 5.10 Å². The third kappa shape index (κ3) is 2.98. The lowest BCUT2D eigenvalue weighted by atomic mass is 10.3. The number of thiophene rings is 1. The van der Waals surface area contributed by atoms with Crippen LogP contribution >= 0.6 is 11.3 Å². The van der Waals surface area contributed by atoms with E-state index in [0.717, 1.165) is 55.2 Å². The summed E-state index contributed by atoms with van der Waals surface area (Å²) in [5, 5.41) is 4.34. The van der Waals surface area contributed by atoms with E-state index in [0.29, 0.717) is 5.69 Å². The number of carbonyl (C=O) groups excluding carboxylic acids is 1. The van der Waals surface area contributed by atoms with Crippen molar-refractivity contribution in [3.05, 3.63) is 41.0 Å². The topological polar surface area (TPSA) is 53.7 Å². The third-order valence-electron chi connectivity index (χ3n) is 4.39. The Morgan fingerprint density at radius 1 is 1.17 bits per heavy atom. The summed E-state index contributed by atoms with van der Waals surface area (Å²) in [5.74, 6) is 0. The second-order valence-electron chi connectivity index (χ2n) is 6.13. The predicted molar refractivity (Wildman–Crippen MR) is 94.5 cm³/mol. The Morgan fingerprint density at radius 3 is 2.79 bits per heavy atom. The highest BCUT2D eigenvalue weighted by Crippen LogP contribution is 2.29. The molecule has 4 heterocycles. The summed E-state index contributed by atoms with van der Waals surface area (Å²) in [4.78, 5) is 22.7. The summed E-state index contributed by atoms with van der Waals surface area (Å²) in [7, 11) is 2.17. The minimum absolute atomic E-state index is 0.413. The molecule has 3 aromatic heterocycles. The largest absolute Gasteiger partial charge is 0.304 e. The zero-order valence-electron chi connectivity index (χ0n) is 13.6. The molecule has 0 aromatic carbocycles. The van der Waals surface area contributed by atoms with E-state index in [-0.39, 0.29) is 0 Å². The number of hydrogen-bond donors (Lipinski definition) is 0. The van der Waals surface area contributed by atoms with Gasteiger partial charge in [0, 0.05) is 37.6 Å². The molecule has 7 heteroatoms. The van der Waals surface area contributed by atoms with Crippen LogP contribution in [-0.4, -0.2) is 63.9 Å². The number of fused-ring (bicyclic) bond motifs is 1. The molecule has 0 saturated carbocycles. The van der Waals surface area contributed by atoms with Crippen molar-refractivity contribution < 1.29 is 4.79 Å². The minimum atomic E-state index is 0.413. The molecule has 6 nitrogen and oxygen atoms in total. The Kier molecular flexibility index (Phi) is 4.13. The molecule has 0 amide bonds. The fourth-order valence-electron chi connectivity index (χ4n) is 2.95. The Hall–Kier alpha value is -2.09. The quantitative estimate of drug-likeness (QED) is 0.680. The second kappa shape index (κ2) is 6.43. The first-order valence-corrected chi connectivity index (χ1v) is 8.84. The maximum absolute atomic E-state index is 11.0. The van der Waals surface area contributed by atoms with E-state index in [2.05, 4.69) is 39.1 Å². The van der Waals surface area contributed by atoms with Crippen molar-refractivity contribution in [3.63, 3.8) is 0 Å². The van der Waals surface area contributed by atoms with Gasteiger partial charge >= 0.3 is 0 Å². The van der Waals surface area contributed by atoms with Gasteiger partial charge in [-0.1, -0.05) is 0 Å². The molecule has 0 spiro atoms. The van der Waals surface area contributed by atoms with E-state index in [9.17, 15) is 4.79 Å². The standard InChI is InChI=1S/C17H19N5OS/c1-20-6-8-21(9-7-20)11-14-3-4-16(24-14)15-10-18-17-5-2-13(12-23)19-22(15)17/h2-5,10,12H,6-9,11H2,1H3. The normalized spacial score (nSPS) is 16.7. The van der Waals surface area contributed by atoms with Crippen LogP contribution in [0.2, 0.25) is 0 Å². The van der Waals surface area contributed by atoms with Crippen LogP contribution in [-0.2, 0) is 6.54 Å². The van der Waals surface area contributed by atoms with Gasteiger partial charge in [-0.15, -0.1) is 11.3 Å². The molecule has 0 aliphatic carbocycles. The van der Waals surface area contributed by atoms with Crippen LogP contribution in [0.15, 0.2) is 30.5 Å². The van der Waals surface area contributed by atoms with Gasteiger partial charge < -0.3 is 4.90 Å². The SMILES string of the molecule is CN1CCN(Cc2ccc(-c3cnc4ccc(C=O)nn34)s2)CC1. The van der Waals surface area contributed by atoms with Crippen molar-refractivity contribution in [2.75, 3.05) is 33.2 Å². The zero-order valence-corrected chi connectivity index (χ0v) is 14.4. The summed E-state index contributed by atoms with van der Waals surface area (Å²) < 4.78 is 1.75. The van der Waals surface area contributed by atoms with Crippen LogP contribution < -0.4 is 0 Å². The Labute approximate surface area is 144 Å². The lowest BCUT2D eigenvalue weighted by molar-refractivity contribution is 0.111. The molecule has 0 unspecified atom stereocenters. The Morgan fingerprint density at radius 2 is 2.00 bits per heavy atom. The van der Waals surface area contributed by atoms with Crippen LogP contribution in [0.4, 0.5) is 0 Å². The molecular weight excluding hydrogens is 322 g/mol. The summed E-state index contributed by atoms with van der Waals surface area (Å²) in [6, 6.07) is 7.81. The maximum atomic E-state index is 11.0. The number of aromatic nitrogens is 3. The van der Waals surface area contributed by atoms with Gasteiger partial charge in [0.15, 0.2) is 11.9 Å². The molecule has 3 aromatic rings. The molecule has 1 aliphatic rings. The monoisotopic (exact) mass is 341 g/mol. The van der Waals surface area contributed by atoms with Gasteiger partial charge in [-0.3, -0.25) is 9.69 Å². The van der Waals surface area contributed by atoms with Crippen molar-refractivity contribution in [2.45, 2.75) is 6.54 Å². The van der Waals surface area contributed by atoms with E-state index in [1.54, 1.807) is 21.9 Å². The van der Waals surface area contributed by atoms with Crippen molar-refractivity contribution in [2.24, 2.45) is 0 Å². The average Bonchev–Trinajstić information content (AvgIpc) is 3.22. The van der Waals surface area contributed by atoms with Crippen molar-refractivity contribution >= 4 is 23.3 Å². The number of aldehydes is 1. The predicted octanol–water partition coefficient (Wildman–Crippen LogP) is 2.02. The molecule has 1 aliphatic heterocycles. The smallest absolute Gasteiger partial charge is 0.170 e. The number of rotatable bonds is 4. The molecule has 24 heavy (non-hydrogen) atoms. The molecule has 0 radical (unpaired) electrons. The first-order chi connectivity index (χ1) is 11.7. The first kappa shape index (κ1) is 15.4. The van der Waals surface area contributed by atoms with Crippen molar-refractivity contribution in [3.8, 4) is 10.6 Å². The van der Waals surface area contributed by atoms with Gasteiger partial charge in [0.25, 0.3) is 0 Å². The van der Waals surface area contributed by atoms with Gasteiger partial charge in [0.1, 0.15) is 11.4 Å². The van der Waals surface area contributed by atoms with E-state index in [1.165, 1.54) is 4.88 Å². The summed E-state index contributed by atoms with van der Waals surface area (Å²) in [5.41, 5.74) is 2.10. The highest BCUT2D eigenvalue weighted by Gasteiger charge is 2.16. The van der Waals surface area contributed by atoms with Crippen LogP contribution in [0.5, 0.6) is 0 Å². The van der Waals surface area contributed by atoms with Gasteiger partial charge in [-0.05, 0) is 31.3 Å². The Balaban J connectivity index is 1.57. The lowest BCUT2D eigenvalue weighted by Gasteiger charge is -2.31. The van der Waals surface area contributed by atoms with E-state index < -0.39 is 0 Å². The van der Waals surface area contributed by atoms with Gasteiger partial charge in [0.2, 0.25) is 0 Å².